The minimum Gasteiger partial charge on any atom is -0.395 e. The number of β-amino-alcohol motifs (C(OH)–C–C–N with tert-alkyl or cyclic N) is 1. The molecular weight excluding hydrogens is 435 g/mol. The van der Waals surface area contributed by atoms with Gasteiger partial charge < -0.3 is 14.9 Å². The molecule has 9 nitrogen and oxygen atoms in total. The molecule has 0 saturated carbocycles. The zero-order chi connectivity index (χ0) is 22.7. The van der Waals surface area contributed by atoms with Crippen LogP contribution in [0.25, 0.3) is 0 Å². The molecule has 32 heavy (non-hydrogen) atoms. The molecule has 174 valence electrons. The number of piperazine rings is 2. The standard InChI is InChI=1S/C21H29FN6O3S/c1-17-16-18(22)2-3-19(17)32(30,31)28-12-10-27(11-13-28)21-5-4-20(23-24-21)26-8-6-25(7-9-26)14-15-29/h2-5,16,29H,6-15H2,1H3. The van der Waals surface area contributed by atoms with E-state index in [9.17, 15) is 12.8 Å². The van der Waals surface area contributed by atoms with Crippen LogP contribution in [-0.2, 0) is 10.0 Å². The highest BCUT2D eigenvalue weighted by atomic mass is 32.2. The minimum atomic E-state index is -3.67. The molecule has 0 amide bonds. The van der Waals surface area contributed by atoms with Gasteiger partial charge in [-0.3, -0.25) is 4.90 Å². The predicted molar refractivity (Wildman–Crippen MR) is 120 cm³/mol. The molecule has 11 heteroatoms. The van der Waals surface area contributed by atoms with Crippen molar-refractivity contribution in [2.45, 2.75) is 11.8 Å². The second kappa shape index (κ2) is 9.65. The zero-order valence-corrected chi connectivity index (χ0v) is 19.0. The summed E-state index contributed by atoms with van der Waals surface area (Å²) < 4.78 is 40.8. The molecule has 2 aromatic rings. The summed E-state index contributed by atoms with van der Waals surface area (Å²) >= 11 is 0. The van der Waals surface area contributed by atoms with Crippen molar-refractivity contribution in [2.24, 2.45) is 0 Å². The fourth-order valence-corrected chi connectivity index (χ4v) is 5.82. The summed E-state index contributed by atoms with van der Waals surface area (Å²) in [6, 6.07) is 7.64. The van der Waals surface area contributed by atoms with E-state index in [1.54, 1.807) is 6.92 Å². The van der Waals surface area contributed by atoms with Gasteiger partial charge in [-0.15, -0.1) is 10.2 Å². The molecule has 1 N–H and O–H groups in total. The third-order valence-electron chi connectivity index (χ3n) is 6.07. The van der Waals surface area contributed by atoms with Crippen molar-refractivity contribution >= 4 is 21.7 Å². The van der Waals surface area contributed by atoms with Crippen molar-refractivity contribution in [2.75, 3.05) is 75.3 Å². The quantitative estimate of drug-likeness (QED) is 0.663. The van der Waals surface area contributed by atoms with Crippen LogP contribution in [0, 0.1) is 12.7 Å². The third kappa shape index (κ3) is 4.85. The number of sulfonamides is 1. The first-order chi connectivity index (χ1) is 15.4. The molecule has 0 spiro atoms. The highest BCUT2D eigenvalue weighted by Crippen LogP contribution is 2.24. The molecule has 0 atom stereocenters. The highest BCUT2D eigenvalue weighted by Gasteiger charge is 2.30. The number of aryl methyl sites for hydroxylation is 1. The molecular formula is C21H29FN6O3S. The van der Waals surface area contributed by atoms with Crippen LogP contribution >= 0.6 is 0 Å². The van der Waals surface area contributed by atoms with Crippen molar-refractivity contribution in [3.8, 4) is 0 Å². The van der Waals surface area contributed by atoms with E-state index in [4.69, 9.17) is 5.11 Å². The Hall–Kier alpha value is -2.34. The first kappa shape index (κ1) is 22.8. The monoisotopic (exact) mass is 464 g/mol. The summed E-state index contributed by atoms with van der Waals surface area (Å²) in [4.78, 5) is 6.58. The average Bonchev–Trinajstić information content (AvgIpc) is 2.80. The van der Waals surface area contributed by atoms with Crippen molar-refractivity contribution in [3.63, 3.8) is 0 Å². The van der Waals surface area contributed by atoms with Crippen molar-refractivity contribution < 1.29 is 17.9 Å². The number of aromatic nitrogens is 2. The van der Waals surface area contributed by atoms with Crippen LogP contribution < -0.4 is 9.80 Å². The molecule has 2 fully saturated rings. The molecule has 2 aliphatic rings. The van der Waals surface area contributed by atoms with E-state index in [1.165, 1.54) is 22.5 Å². The lowest BCUT2D eigenvalue weighted by atomic mass is 10.2. The summed E-state index contributed by atoms with van der Waals surface area (Å²) in [5.74, 6) is 1.11. The van der Waals surface area contributed by atoms with E-state index < -0.39 is 15.8 Å². The van der Waals surface area contributed by atoms with Gasteiger partial charge in [-0.1, -0.05) is 0 Å². The molecule has 0 bridgehead atoms. The predicted octanol–water partition coefficient (Wildman–Crippen LogP) is 0.549. The Kier molecular flexibility index (Phi) is 6.89. The Labute approximate surface area is 188 Å². The number of anilines is 2. The lowest BCUT2D eigenvalue weighted by Crippen LogP contribution is -2.49. The summed E-state index contributed by atoms with van der Waals surface area (Å²) in [5, 5.41) is 17.8. The molecule has 2 saturated heterocycles. The van der Waals surface area contributed by atoms with Gasteiger partial charge in [0.25, 0.3) is 0 Å². The molecule has 0 radical (unpaired) electrons. The van der Waals surface area contributed by atoms with E-state index in [0.29, 0.717) is 38.3 Å². The molecule has 0 unspecified atom stereocenters. The van der Waals surface area contributed by atoms with Crippen LogP contribution in [0.1, 0.15) is 5.56 Å². The average molecular weight is 465 g/mol. The number of hydrogen-bond acceptors (Lipinski definition) is 8. The lowest BCUT2D eigenvalue weighted by molar-refractivity contribution is 0.188. The molecule has 3 heterocycles. The summed E-state index contributed by atoms with van der Waals surface area (Å²) in [7, 11) is -3.67. The summed E-state index contributed by atoms with van der Waals surface area (Å²) in [5.41, 5.74) is 0.408. The fraction of sp³-hybridized carbons (Fsp3) is 0.524. The third-order valence-corrected chi connectivity index (χ3v) is 8.13. The maximum Gasteiger partial charge on any atom is 0.243 e. The zero-order valence-electron chi connectivity index (χ0n) is 18.2. The van der Waals surface area contributed by atoms with Crippen LogP contribution in [0.2, 0.25) is 0 Å². The van der Waals surface area contributed by atoms with Gasteiger partial charge in [-0.25, -0.2) is 12.8 Å². The molecule has 0 aliphatic carbocycles. The van der Waals surface area contributed by atoms with Crippen molar-refractivity contribution in [1.29, 1.82) is 0 Å². The Bertz CT molecular complexity index is 1020. The molecule has 4 rings (SSSR count). The first-order valence-corrected chi connectivity index (χ1v) is 12.3. The SMILES string of the molecule is Cc1cc(F)ccc1S(=O)(=O)N1CCN(c2ccc(N3CCN(CCO)CC3)nn2)CC1. The number of benzene rings is 1. The molecule has 1 aromatic carbocycles. The second-order valence-corrected chi connectivity index (χ2v) is 10.0. The van der Waals surface area contributed by atoms with Gasteiger partial charge in [-0.05, 0) is 42.8 Å². The topological polar surface area (TPSA) is 93.1 Å². The molecule has 2 aliphatic heterocycles. The van der Waals surface area contributed by atoms with Crippen LogP contribution in [-0.4, -0.2) is 98.4 Å². The number of aliphatic hydroxyl groups excluding tert-OH is 1. The van der Waals surface area contributed by atoms with E-state index in [0.717, 1.165) is 37.8 Å². The number of rotatable bonds is 6. The molecule has 1 aromatic heterocycles. The maximum atomic E-state index is 13.4. The van der Waals surface area contributed by atoms with E-state index >= 15 is 0 Å². The Balaban J connectivity index is 1.35. The van der Waals surface area contributed by atoms with Crippen LogP contribution in [0.5, 0.6) is 0 Å². The second-order valence-electron chi connectivity index (χ2n) is 8.10. The highest BCUT2D eigenvalue weighted by molar-refractivity contribution is 7.89. The Morgan fingerprint density at radius 3 is 1.97 bits per heavy atom. The van der Waals surface area contributed by atoms with Crippen molar-refractivity contribution in [1.82, 2.24) is 19.4 Å². The number of hydrogen-bond donors (Lipinski definition) is 1. The minimum absolute atomic E-state index is 0.149. The largest absolute Gasteiger partial charge is 0.395 e. The van der Waals surface area contributed by atoms with Crippen molar-refractivity contribution in [3.05, 3.63) is 41.7 Å². The van der Waals surface area contributed by atoms with Crippen LogP contribution in [0.4, 0.5) is 16.0 Å². The smallest absolute Gasteiger partial charge is 0.243 e. The van der Waals surface area contributed by atoms with Gasteiger partial charge in [0, 0.05) is 58.9 Å². The van der Waals surface area contributed by atoms with Gasteiger partial charge >= 0.3 is 0 Å². The number of halogens is 1. The van der Waals surface area contributed by atoms with E-state index in [2.05, 4.69) is 20.0 Å². The van der Waals surface area contributed by atoms with Gasteiger partial charge in [0.1, 0.15) is 5.82 Å². The van der Waals surface area contributed by atoms with E-state index in [1.807, 2.05) is 17.0 Å². The Morgan fingerprint density at radius 2 is 1.47 bits per heavy atom. The lowest BCUT2D eigenvalue weighted by Gasteiger charge is -2.36. The Morgan fingerprint density at radius 1 is 0.906 bits per heavy atom. The van der Waals surface area contributed by atoms with Gasteiger partial charge in [0.2, 0.25) is 10.0 Å². The fourth-order valence-electron chi connectivity index (χ4n) is 4.20. The van der Waals surface area contributed by atoms with Crippen LogP contribution in [0.3, 0.4) is 0 Å². The maximum absolute atomic E-state index is 13.4. The summed E-state index contributed by atoms with van der Waals surface area (Å²) in [6.45, 7) is 7.59. The van der Waals surface area contributed by atoms with Gasteiger partial charge in [0.15, 0.2) is 11.6 Å². The number of aliphatic hydroxyl groups is 1. The van der Waals surface area contributed by atoms with E-state index in [-0.39, 0.29) is 11.5 Å². The van der Waals surface area contributed by atoms with Gasteiger partial charge in [0.05, 0.1) is 11.5 Å². The number of nitrogens with zero attached hydrogens (tertiary/aromatic N) is 6. The van der Waals surface area contributed by atoms with Gasteiger partial charge in [-0.2, -0.15) is 4.31 Å². The van der Waals surface area contributed by atoms with Crippen LogP contribution in [0.15, 0.2) is 35.2 Å². The first-order valence-electron chi connectivity index (χ1n) is 10.8. The summed E-state index contributed by atoms with van der Waals surface area (Å²) in [6.07, 6.45) is 0. The normalized spacial score (nSPS) is 18.8.